The number of aryl methyl sites for hydroxylation is 1. The van der Waals surface area contributed by atoms with Crippen LogP contribution in [0, 0.1) is 0 Å². The van der Waals surface area contributed by atoms with Crippen LogP contribution in [0.1, 0.15) is 10.5 Å². The zero-order chi connectivity index (χ0) is 16.5. The molecule has 0 saturated heterocycles. The minimum absolute atomic E-state index is 0.00670. The summed E-state index contributed by atoms with van der Waals surface area (Å²) in [5.41, 5.74) is 2.39. The monoisotopic (exact) mass is 425 g/mol. The number of carbonyl (C=O) groups excluding carboxylic acids is 1. The van der Waals surface area contributed by atoms with Crippen molar-refractivity contribution in [3.05, 3.63) is 50.7 Å². The second-order valence-electron chi connectivity index (χ2n) is 4.29. The van der Waals surface area contributed by atoms with Gasteiger partial charge in [-0.3, -0.25) is 10.2 Å². The molecule has 1 aromatic carbocycles. The second kappa shape index (κ2) is 6.59. The molecule has 0 aliphatic rings. The smallest absolute Gasteiger partial charge is 0.282 e. The van der Waals surface area contributed by atoms with E-state index in [1.54, 1.807) is 23.9 Å². The molecule has 22 heavy (non-hydrogen) atoms. The first-order chi connectivity index (χ1) is 10.2. The lowest BCUT2D eigenvalue weighted by Crippen LogP contribution is -2.42. The van der Waals surface area contributed by atoms with Gasteiger partial charge in [-0.25, -0.2) is 8.42 Å². The molecule has 0 radical (unpaired) electrons. The molecule has 2 aromatic rings. The molecule has 1 heterocycles. The van der Waals surface area contributed by atoms with Gasteiger partial charge in [-0.1, -0.05) is 23.2 Å². The van der Waals surface area contributed by atoms with Crippen molar-refractivity contribution in [2.75, 3.05) is 0 Å². The van der Waals surface area contributed by atoms with Crippen LogP contribution < -0.4 is 10.3 Å². The van der Waals surface area contributed by atoms with Crippen LogP contribution in [-0.2, 0) is 17.1 Å². The number of sulfonamides is 1. The van der Waals surface area contributed by atoms with Gasteiger partial charge in [0.25, 0.3) is 15.9 Å². The molecule has 0 spiro atoms. The molecule has 2 rings (SSSR count). The van der Waals surface area contributed by atoms with Gasteiger partial charge in [-0.15, -0.1) is 4.83 Å². The van der Waals surface area contributed by atoms with Crippen LogP contribution in [0.2, 0.25) is 10.0 Å². The molecular weight excluding hydrogens is 417 g/mol. The molecule has 0 bridgehead atoms. The highest BCUT2D eigenvalue weighted by Gasteiger charge is 2.20. The predicted molar refractivity (Wildman–Crippen MR) is 87.4 cm³/mol. The Kier molecular flexibility index (Phi) is 5.18. The van der Waals surface area contributed by atoms with Crippen molar-refractivity contribution in [2.45, 2.75) is 4.90 Å². The van der Waals surface area contributed by atoms with Gasteiger partial charge >= 0.3 is 0 Å². The fraction of sp³-hybridized carbons (Fsp3) is 0.0833. The highest BCUT2D eigenvalue weighted by atomic mass is 79.9. The highest BCUT2D eigenvalue weighted by Crippen LogP contribution is 2.24. The number of amides is 1. The van der Waals surface area contributed by atoms with Crippen LogP contribution >= 0.6 is 39.1 Å². The highest BCUT2D eigenvalue weighted by molar-refractivity contribution is 9.10. The summed E-state index contributed by atoms with van der Waals surface area (Å²) in [4.78, 5) is 13.7. The van der Waals surface area contributed by atoms with Crippen LogP contribution in [0.15, 0.2) is 39.8 Å². The summed E-state index contributed by atoms with van der Waals surface area (Å²) in [5.74, 6) is -0.616. The summed E-state index contributed by atoms with van der Waals surface area (Å²) in [6.07, 6.45) is 1.66. The molecule has 0 aliphatic carbocycles. The van der Waals surface area contributed by atoms with E-state index in [1.807, 2.05) is 4.83 Å². The molecule has 0 atom stereocenters. The first kappa shape index (κ1) is 17.3. The van der Waals surface area contributed by atoms with E-state index in [1.165, 1.54) is 18.2 Å². The minimum Gasteiger partial charge on any atom is -0.345 e. The van der Waals surface area contributed by atoms with Crippen LogP contribution in [0.5, 0.6) is 0 Å². The van der Waals surface area contributed by atoms with E-state index in [-0.39, 0.29) is 20.6 Å². The van der Waals surface area contributed by atoms with Crippen molar-refractivity contribution < 1.29 is 13.2 Å². The number of nitrogens with one attached hydrogen (secondary N) is 2. The Morgan fingerprint density at radius 3 is 2.55 bits per heavy atom. The van der Waals surface area contributed by atoms with Gasteiger partial charge in [0.15, 0.2) is 0 Å². The number of aromatic nitrogens is 1. The van der Waals surface area contributed by atoms with E-state index in [9.17, 15) is 13.2 Å². The first-order valence-corrected chi connectivity index (χ1v) is 8.83. The van der Waals surface area contributed by atoms with Crippen LogP contribution in [0.4, 0.5) is 0 Å². The van der Waals surface area contributed by atoms with Gasteiger partial charge in [0, 0.05) is 22.7 Å². The number of rotatable bonds is 4. The van der Waals surface area contributed by atoms with Crippen LogP contribution in [-0.4, -0.2) is 18.9 Å². The summed E-state index contributed by atoms with van der Waals surface area (Å²) in [6, 6.07) is 5.56. The Morgan fingerprint density at radius 1 is 1.27 bits per heavy atom. The zero-order valence-corrected chi connectivity index (χ0v) is 15.0. The average molecular weight is 427 g/mol. The molecule has 1 aromatic heterocycles. The Labute approximate surface area is 145 Å². The standard InChI is InChI=1S/C12H10BrCl2N3O3S/c1-18-6-7(13)4-10(18)12(19)16-17-22(20,21)11-5-8(14)2-3-9(11)15/h2-6,17H,1H3,(H,16,19). The number of carbonyl (C=O) groups is 1. The fourth-order valence-corrected chi connectivity index (χ4v) is 3.79. The largest absolute Gasteiger partial charge is 0.345 e. The quantitative estimate of drug-likeness (QED) is 0.737. The number of hydrazine groups is 1. The van der Waals surface area contributed by atoms with Crippen molar-refractivity contribution in [2.24, 2.45) is 7.05 Å². The third-order valence-corrected chi connectivity index (χ3v) is 5.08. The normalized spacial score (nSPS) is 11.5. The summed E-state index contributed by atoms with van der Waals surface area (Å²) in [6.45, 7) is 0. The molecular formula is C12H10BrCl2N3O3S. The molecule has 0 saturated carbocycles. The number of hydrogen-bond acceptors (Lipinski definition) is 3. The minimum atomic E-state index is -4.04. The molecule has 118 valence electrons. The lowest BCUT2D eigenvalue weighted by molar-refractivity contribution is 0.0937. The van der Waals surface area contributed by atoms with Crippen LogP contribution in [0.25, 0.3) is 0 Å². The molecule has 0 fully saturated rings. The van der Waals surface area contributed by atoms with Gasteiger partial charge in [0.05, 0.1) is 5.02 Å². The van der Waals surface area contributed by atoms with Crippen LogP contribution in [0.3, 0.4) is 0 Å². The van der Waals surface area contributed by atoms with E-state index in [4.69, 9.17) is 23.2 Å². The Balaban J connectivity index is 2.18. The van der Waals surface area contributed by atoms with Gasteiger partial charge in [0.1, 0.15) is 10.6 Å². The average Bonchev–Trinajstić information content (AvgIpc) is 2.78. The summed E-state index contributed by atoms with van der Waals surface area (Å²) in [5, 5.41) is 0.204. The van der Waals surface area contributed by atoms with Gasteiger partial charge in [0.2, 0.25) is 0 Å². The van der Waals surface area contributed by atoms with Crippen molar-refractivity contribution in [1.29, 1.82) is 0 Å². The summed E-state index contributed by atoms with van der Waals surface area (Å²) in [7, 11) is -2.39. The molecule has 2 N–H and O–H groups in total. The van der Waals surface area contributed by atoms with E-state index in [0.717, 1.165) is 0 Å². The number of halogens is 3. The topological polar surface area (TPSA) is 80.2 Å². The first-order valence-electron chi connectivity index (χ1n) is 5.80. The molecule has 1 amide bonds. The zero-order valence-electron chi connectivity index (χ0n) is 11.1. The van der Waals surface area contributed by atoms with E-state index in [2.05, 4.69) is 21.4 Å². The molecule has 0 unspecified atom stereocenters. The van der Waals surface area contributed by atoms with E-state index >= 15 is 0 Å². The maximum atomic E-state index is 12.1. The maximum Gasteiger partial charge on any atom is 0.282 e. The van der Waals surface area contributed by atoms with Crippen molar-refractivity contribution in [1.82, 2.24) is 14.8 Å². The van der Waals surface area contributed by atoms with Gasteiger partial charge in [-0.05, 0) is 40.2 Å². The molecule has 0 aliphatic heterocycles. The summed E-state index contributed by atoms with van der Waals surface area (Å²) < 4.78 is 26.5. The van der Waals surface area contributed by atoms with E-state index in [0.29, 0.717) is 4.47 Å². The molecule has 10 heteroatoms. The Morgan fingerprint density at radius 2 is 1.95 bits per heavy atom. The number of hydrogen-bond donors (Lipinski definition) is 2. The number of benzene rings is 1. The lowest BCUT2D eigenvalue weighted by atomic mass is 10.4. The van der Waals surface area contributed by atoms with Crippen molar-refractivity contribution in [3.63, 3.8) is 0 Å². The second-order valence-corrected chi connectivity index (χ2v) is 7.70. The number of nitrogens with zero attached hydrogens (tertiary/aromatic N) is 1. The Hall–Kier alpha value is -1.06. The fourth-order valence-electron chi connectivity index (χ4n) is 1.67. The van der Waals surface area contributed by atoms with Crippen molar-refractivity contribution >= 4 is 55.1 Å². The Bertz CT molecular complexity index is 836. The van der Waals surface area contributed by atoms with Crippen molar-refractivity contribution in [3.8, 4) is 0 Å². The SMILES string of the molecule is Cn1cc(Br)cc1C(=O)NNS(=O)(=O)c1cc(Cl)ccc1Cl. The van der Waals surface area contributed by atoms with E-state index < -0.39 is 15.9 Å². The third-order valence-electron chi connectivity index (χ3n) is 2.69. The van der Waals surface area contributed by atoms with Gasteiger partial charge < -0.3 is 4.57 Å². The maximum absolute atomic E-state index is 12.1. The summed E-state index contributed by atoms with van der Waals surface area (Å²) >= 11 is 14.8. The molecule has 6 nitrogen and oxygen atoms in total. The lowest BCUT2D eigenvalue weighted by Gasteiger charge is -2.10. The van der Waals surface area contributed by atoms with Gasteiger partial charge in [-0.2, -0.15) is 0 Å². The predicted octanol–water partition coefficient (Wildman–Crippen LogP) is 2.72. The third kappa shape index (κ3) is 3.82.